The van der Waals surface area contributed by atoms with Crippen molar-refractivity contribution < 1.29 is 24.9 Å². The molecule has 21 heavy (non-hydrogen) atoms. The number of hydrogen-bond donors (Lipinski definition) is 3. The maximum absolute atomic E-state index is 11.7. The van der Waals surface area contributed by atoms with Crippen LogP contribution >= 0.6 is 11.3 Å². The summed E-state index contributed by atoms with van der Waals surface area (Å²) in [5, 5.41) is 31.4. The van der Waals surface area contributed by atoms with Crippen molar-refractivity contribution in [2.75, 3.05) is 6.54 Å². The number of azide groups is 1. The number of aliphatic hydroxyl groups is 2. The number of aliphatic hydroxyl groups excluding tert-OH is 2. The Hall–Kier alpha value is -1.93. The summed E-state index contributed by atoms with van der Waals surface area (Å²) in [6.07, 6.45) is -2.53. The van der Waals surface area contributed by atoms with E-state index in [0.717, 1.165) is 11.3 Å². The number of nitrogens with zero attached hydrogens (tertiary/aromatic N) is 3. The summed E-state index contributed by atoms with van der Waals surface area (Å²) in [7, 11) is 0. The molecule has 1 aromatic rings. The third-order valence-electron chi connectivity index (χ3n) is 2.71. The molecule has 0 amide bonds. The molecule has 2 unspecified atom stereocenters. The number of carboxylic acid groups (broad SMARTS) is 1. The van der Waals surface area contributed by atoms with Gasteiger partial charge in [0.15, 0.2) is 5.78 Å². The van der Waals surface area contributed by atoms with Gasteiger partial charge in [-0.1, -0.05) is 5.11 Å². The molecule has 9 heteroatoms. The number of rotatable bonds is 9. The number of carboxylic acids is 1. The lowest BCUT2D eigenvalue weighted by Gasteiger charge is -2.15. The molecule has 0 fully saturated rings. The fraction of sp³-hybridized carbons (Fsp3) is 0.500. The Kier molecular flexibility index (Phi) is 6.83. The van der Waals surface area contributed by atoms with Crippen LogP contribution in [0.2, 0.25) is 0 Å². The molecular weight excluding hydrogens is 298 g/mol. The van der Waals surface area contributed by atoms with Gasteiger partial charge in [-0.15, -0.1) is 11.3 Å². The summed E-state index contributed by atoms with van der Waals surface area (Å²) in [5.41, 5.74) is 8.13. The predicted octanol–water partition coefficient (Wildman–Crippen LogP) is 1.89. The molecule has 0 bridgehead atoms. The topological polar surface area (TPSA) is 144 Å². The molecule has 0 aromatic carbocycles. The average molecular weight is 313 g/mol. The first-order valence-corrected chi connectivity index (χ1v) is 6.99. The smallest absolute Gasteiger partial charge is 0.303 e. The Morgan fingerprint density at radius 2 is 2.05 bits per heavy atom. The maximum atomic E-state index is 11.7. The predicted molar refractivity (Wildman–Crippen MR) is 75.1 cm³/mol. The summed E-state index contributed by atoms with van der Waals surface area (Å²) < 4.78 is 0. The highest BCUT2D eigenvalue weighted by atomic mass is 32.1. The van der Waals surface area contributed by atoms with Gasteiger partial charge in [-0.3, -0.25) is 9.59 Å². The van der Waals surface area contributed by atoms with E-state index < -0.39 is 18.2 Å². The minimum absolute atomic E-state index is 0.0600. The summed E-state index contributed by atoms with van der Waals surface area (Å²) in [6, 6.07) is 3.01. The van der Waals surface area contributed by atoms with Gasteiger partial charge < -0.3 is 15.3 Å². The third kappa shape index (κ3) is 5.52. The second-order valence-electron chi connectivity index (χ2n) is 4.27. The van der Waals surface area contributed by atoms with Gasteiger partial charge in [0.1, 0.15) is 6.10 Å². The largest absolute Gasteiger partial charge is 0.481 e. The lowest BCUT2D eigenvalue weighted by molar-refractivity contribution is -0.136. The Morgan fingerprint density at radius 3 is 2.67 bits per heavy atom. The molecule has 1 rings (SSSR count). The van der Waals surface area contributed by atoms with E-state index in [9.17, 15) is 19.8 Å². The molecule has 0 aliphatic carbocycles. The van der Waals surface area contributed by atoms with Crippen LogP contribution in [0.25, 0.3) is 10.4 Å². The van der Waals surface area contributed by atoms with Crippen molar-refractivity contribution in [2.24, 2.45) is 5.11 Å². The van der Waals surface area contributed by atoms with Crippen LogP contribution in [0.1, 0.15) is 39.9 Å². The van der Waals surface area contributed by atoms with E-state index in [4.69, 9.17) is 10.6 Å². The fourth-order valence-corrected chi connectivity index (χ4v) is 2.61. The lowest BCUT2D eigenvalue weighted by atomic mass is 10.1. The highest BCUT2D eigenvalue weighted by molar-refractivity contribution is 7.14. The number of Topliss-reactive ketones (excluding diaryl/α,β-unsaturated/α-hetero) is 1. The average Bonchev–Trinajstić information content (AvgIpc) is 2.93. The fourth-order valence-electron chi connectivity index (χ4n) is 1.59. The van der Waals surface area contributed by atoms with Crippen LogP contribution in [0.4, 0.5) is 0 Å². The molecule has 1 aromatic heterocycles. The van der Waals surface area contributed by atoms with Crippen molar-refractivity contribution in [1.29, 1.82) is 0 Å². The zero-order valence-corrected chi connectivity index (χ0v) is 11.9. The third-order valence-corrected chi connectivity index (χ3v) is 3.91. The van der Waals surface area contributed by atoms with E-state index in [1.54, 1.807) is 0 Å². The molecule has 1 heterocycles. The van der Waals surface area contributed by atoms with Crippen LogP contribution in [0.5, 0.6) is 0 Å². The van der Waals surface area contributed by atoms with Gasteiger partial charge in [-0.2, -0.15) is 0 Å². The van der Waals surface area contributed by atoms with Crippen LogP contribution in [0.3, 0.4) is 0 Å². The molecule has 0 saturated carbocycles. The lowest BCUT2D eigenvalue weighted by Crippen LogP contribution is -2.18. The molecule has 0 saturated heterocycles. The highest BCUT2D eigenvalue weighted by Gasteiger charge is 2.21. The Bertz CT molecular complexity index is 553. The van der Waals surface area contributed by atoms with Crippen LogP contribution in [-0.2, 0) is 4.79 Å². The summed E-state index contributed by atoms with van der Waals surface area (Å²) in [4.78, 5) is 25.4. The SMILES string of the molecule is [N-]=[N+]=NCCC(O)C(O)c1ccc(C(=O)CCC(=O)O)s1. The van der Waals surface area contributed by atoms with Crippen molar-refractivity contribution >= 4 is 23.1 Å². The maximum Gasteiger partial charge on any atom is 0.303 e. The number of aliphatic carboxylic acids is 1. The van der Waals surface area contributed by atoms with Gasteiger partial charge in [0.25, 0.3) is 0 Å². The highest BCUT2D eigenvalue weighted by Crippen LogP contribution is 2.27. The molecule has 2 atom stereocenters. The van der Waals surface area contributed by atoms with Gasteiger partial charge in [0.2, 0.25) is 0 Å². The summed E-state index contributed by atoms with van der Waals surface area (Å²) in [6.45, 7) is 0.0600. The monoisotopic (exact) mass is 313 g/mol. The zero-order valence-electron chi connectivity index (χ0n) is 11.0. The summed E-state index contributed by atoms with van der Waals surface area (Å²) in [5.74, 6) is -1.36. The molecule has 0 aliphatic heterocycles. The van der Waals surface area contributed by atoms with Gasteiger partial charge in [0, 0.05) is 22.8 Å². The minimum atomic E-state index is -1.18. The number of thiophene rings is 1. The van der Waals surface area contributed by atoms with Crippen LogP contribution in [0, 0.1) is 0 Å². The molecule has 0 radical (unpaired) electrons. The van der Waals surface area contributed by atoms with Crippen LogP contribution < -0.4 is 0 Å². The number of carbonyl (C=O) groups is 2. The second kappa shape index (κ2) is 8.38. The van der Waals surface area contributed by atoms with E-state index in [2.05, 4.69) is 10.0 Å². The second-order valence-corrected chi connectivity index (χ2v) is 5.39. The minimum Gasteiger partial charge on any atom is -0.481 e. The van der Waals surface area contributed by atoms with Gasteiger partial charge in [-0.25, -0.2) is 0 Å². The molecule has 114 valence electrons. The number of ketones is 1. The van der Waals surface area contributed by atoms with Gasteiger partial charge in [0.05, 0.1) is 17.4 Å². The van der Waals surface area contributed by atoms with Crippen molar-refractivity contribution in [2.45, 2.75) is 31.5 Å². The van der Waals surface area contributed by atoms with E-state index in [1.807, 2.05) is 0 Å². The van der Waals surface area contributed by atoms with Crippen molar-refractivity contribution in [3.8, 4) is 0 Å². The van der Waals surface area contributed by atoms with E-state index in [0.29, 0.717) is 9.75 Å². The normalized spacial score (nSPS) is 13.2. The number of hydrogen-bond acceptors (Lipinski definition) is 6. The van der Waals surface area contributed by atoms with Crippen LogP contribution in [-0.4, -0.2) is 39.7 Å². The molecular formula is C12H15N3O5S. The zero-order chi connectivity index (χ0) is 15.8. The standard InChI is InChI=1S/C12H15N3O5S/c13-15-14-6-5-8(17)12(20)10-3-2-9(21-10)7(16)1-4-11(18)19/h2-3,8,12,17,20H,1,4-6H2,(H,18,19). The van der Waals surface area contributed by atoms with Crippen molar-refractivity contribution in [1.82, 2.24) is 0 Å². The Balaban J connectivity index is 2.62. The van der Waals surface area contributed by atoms with Gasteiger partial charge in [-0.05, 0) is 24.1 Å². The molecule has 0 spiro atoms. The number of carbonyl (C=O) groups excluding carboxylic acids is 1. The first-order valence-electron chi connectivity index (χ1n) is 6.17. The van der Waals surface area contributed by atoms with Gasteiger partial charge >= 0.3 is 5.97 Å². The summed E-state index contributed by atoms with van der Waals surface area (Å²) >= 11 is 1.01. The molecule has 3 N–H and O–H groups in total. The Morgan fingerprint density at radius 1 is 1.33 bits per heavy atom. The van der Waals surface area contributed by atoms with E-state index in [1.165, 1.54) is 12.1 Å². The first kappa shape index (κ1) is 17.1. The quantitative estimate of drug-likeness (QED) is 0.276. The van der Waals surface area contributed by atoms with E-state index >= 15 is 0 Å². The van der Waals surface area contributed by atoms with Crippen molar-refractivity contribution in [3.05, 3.63) is 32.3 Å². The Labute approximate surface area is 124 Å². The molecule has 0 aliphatic rings. The molecule has 8 nitrogen and oxygen atoms in total. The van der Waals surface area contributed by atoms with E-state index in [-0.39, 0.29) is 31.6 Å². The van der Waals surface area contributed by atoms with Crippen LogP contribution in [0.15, 0.2) is 17.2 Å². The van der Waals surface area contributed by atoms with Crippen molar-refractivity contribution in [3.63, 3.8) is 0 Å². The first-order chi connectivity index (χ1) is 9.95.